The molecule has 0 fully saturated rings. The topological polar surface area (TPSA) is 110 Å². The van der Waals surface area contributed by atoms with E-state index in [1.54, 1.807) is 24.3 Å². The van der Waals surface area contributed by atoms with Crippen LogP contribution in [0, 0.1) is 0 Å². The molecule has 2 rings (SSSR count). The van der Waals surface area contributed by atoms with E-state index in [0.717, 1.165) is 12.8 Å². The third-order valence-electron chi connectivity index (χ3n) is 4.64. The van der Waals surface area contributed by atoms with Crippen LogP contribution in [0.1, 0.15) is 83.6 Å². The monoisotopic (exact) mass is 414 g/mol. The fourth-order valence-corrected chi connectivity index (χ4v) is 3.05. The molecule has 0 aliphatic rings. The highest BCUT2D eigenvalue weighted by Gasteiger charge is 2.22. The summed E-state index contributed by atoms with van der Waals surface area (Å²) >= 11 is 0. The average molecular weight is 414 g/mol. The Balaban J connectivity index is 2.11. The van der Waals surface area contributed by atoms with Gasteiger partial charge < -0.3 is 19.7 Å². The van der Waals surface area contributed by atoms with Gasteiger partial charge in [-0.05, 0) is 48.2 Å². The summed E-state index contributed by atoms with van der Waals surface area (Å²) in [6, 6.07) is 12.4. The van der Waals surface area contributed by atoms with Crippen LogP contribution in [0.25, 0.3) is 0 Å². The highest BCUT2D eigenvalue weighted by molar-refractivity contribution is 5.88. The Morgan fingerprint density at radius 3 is 1.30 bits per heavy atom. The molecule has 2 aromatic carbocycles. The van der Waals surface area contributed by atoms with Crippen molar-refractivity contribution in [3.63, 3.8) is 0 Å². The van der Waals surface area contributed by atoms with Gasteiger partial charge in [-0.2, -0.15) is 0 Å². The van der Waals surface area contributed by atoms with Crippen molar-refractivity contribution in [1.29, 1.82) is 0 Å². The van der Waals surface area contributed by atoms with Crippen molar-refractivity contribution < 1.29 is 34.1 Å². The minimum Gasteiger partial charge on any atom is -0.478 e. The van der Waals surface area contributed by atoms with E-state index in [2.05, 4.69) is 0 Å². The molecule has 0 spiro atoms. The van der Waals surface area contributed by atoms with Gasteiger partial charge in [-0.15, -0.1) is 0 Å². The van der Waals surface area contributed by atoms with Gasteiger partial charge in [0.25, 0.3) is 0 Å². The van der Waals surface area contributed by atoms with Gasteiger partial charge in [0.1, 0.15) is 12.2 Å². The maximum Gasteiger partial charge on any atom is 0.509 e. The molecule has 0 saturated heterocycles. The maximum atomic E-state index is 12.5. The Labute approximate surface area is 175 Å². The molecule has 160 valence electrons. The summed E-state index contributed by atoms with van der Waals surface area (Å²) in [6.07, 6.45) is 0.711. The summed E-state index contributed by atoms with van der Waals surface area (Å²) in [5.74, 6) is -2.05. The Bertz CT molecular complexity index is 785. The van der Waals surface area contributed by atoms with Crippen LogP contribution < -0.4 is 0 Å². The number of rotatable bonds is 10. The third kappa shape index (κ3) is 6.34. The molecule has 2 unspecified atom stereocenters. The molecule has 2 aromatic rings. The van der Waals surface area contributed by atoms with Gasteiger partial charge in [-0.25, -0.2) is 14.4 Å². The summed E-state index contributed by atoms with van der Waals surface area (Å²) in [5.41, 5.74) is 1.70. The van der Waals surface area contributed by atoms with E-state index < -0.39 is 30.3 Å². The van der Waals surface area contributed by atoms with E-state index in [0.29, 0.717) is 24.0 Å². The largest absolute Gasteiger partial charge is 0.509 e. The number of carbonyl (C=O) groups is 3. The smallest absolute Gasteiger partial charge is 0.478 e. The van der Waals surface area contributed by atoms with Crippen LogP contribution >= 0.6 is 0 Å². The molecule has 2 N–H and O–H groups in total. The first-order valence-electron chi connectivity index (χ1n) is 9.89. The van der Waals surface area contributed by atoms with Gasteiger partial charge in [-0.1, -0.05) is 51.0 Å². The fourth-order valence-electron chi connectivity index (χ4n) is 3.05. The van der Waals surface area contributed by atoms with E-state index in [-0.39, 0.29) is 11.1 Å². The molecule has 7 nitrogen and oxygen atoms in total. The lowest BCUT2D eigenvalue weighted by molar-refractivity contribution is -0.00787. The van der Waals surface area contributed by atoms with Crippen LogP contribution in [0.3, 0.4) is 0 Å². The first-order valence-corrected chi connectivity index (χ1v) is 9.89. The van der Waals surface area contributed by atoms with Crippen molar-refractivity contribution in [2.45, 2.75) is 51.7 Å². The highest BCUT2D eigenvalue weighted by atomic mass is 16.7. The van der Waals surface area contributed by atoms with Crippen LogP contribution in [0.5, 0.6) is 0 Å². The van der Waals surface area contributed by atoms with Crippen LogP contribution in [-0.4, -0.2) is 28.3 Å². The predicted octanol–water partition coefficient (Wildman–Crippen LogP) is 5.62. The Hall–Kier alpha value is -3.35. The van der Waals surface area contributed by atoms with Gasteiger partial charge in [0.2, 0.25) is 0 Å². The summed E-state index contributed by atoms with van der Waals surface area (Å²) in [6.45, 7) is 3.91. The van der Waals surface area contributed by atoms with E-state index in [4.69, 9.17) is 19.7 Å². The number of aromatic carboxylic acids is 2. The normalized spacial score (nSPS) is 12.6. The van der Waals surface area contributed by atoms with E-state index in [1.165, 1.54) is 24.3 Å². The van der Waals surface area contributed by atoms with Crippen LogP contribution in [0.15, 0.2) is 48.5 Å². The fraction of sp³-hybridized carbons (Fsp3) is 0.348. The Morgan fingerprint density at radius 2 is 1.03 bits per heavy atom. The second-order valence-electron chi connectivity index (χ2n) is 6.89. The van der Waals surface area contributed by atoms with Crippen molar-refractivity contribution in [3.05, 3.63) is 70.8 Å². The summed E-state index contributed by atoms with van der Waals surface area (Å²) in [5, 5.41) is 18.1. The molecule has 2 atom stereocenters. The van der Waals surface area contributed by atoms with E-state index in [9.17, 15) is 14.4 Å². The lowest BCUT2D eigenvalue weighted by Crippen LogP contribution is -2.16. The van der Waals surface area contributed by atoms with Gasteiger partial charge >= 0.3 is 18.1 Å². The summed E-state index contributed by atoms with van der Waals surface area (Å²) < 4.78 is 11.1. The Morgan fingerprint density at radius 1 is 0.700 bits per heavy atom. The highest BCUT2D eigenvalue weighted by Crippen LogP contribution is 2.28. The quantitative estimate of drug-likeness (QED) is 0.486. The van der Waals surface area contributed by atoms with Crippen LogP contribution in [-0.2, 0) is 9.47 Å². The second-order valence-corrected chi connectivity index (χ2v) is 6.89. The molecule has 0 heterocycles. The number of carboxylic acids is 2. The molecule has 0 saturated carbocycles. The Kier molecular flexibility index (Phi) is 8.41. The maximum absolute atomic E-state index is 12.5. The molecular weight excluding hydrogens is 388 g/mol. The lowest BCUT2D eigenvalue weighted by Gasteiger charge is -2.21. The zero-order valence-corrected chi connectivity index (χ0v) is 17.0. The first-order chi connectivity index (χ1) is 14.3. The third-order valence-corrected chi connectivity index (χ3v) is 4.64. The number of benzene rings is 2. The lowest BCUT2D eigenvalue weighted by atomic mass is 10.0. The van der Waals surface area contributed by atoms with Crippen molar-refractivity contribution >= 4 is 18.1 Å². The molecular formula is C23H26O7. The number of carbonyl (C=O) groups excluding carboxylic acids is 1. The van der Waals surface area contributed by atoms with Gasteiger partial charge in [0, 0.05) is 0 Å². The minimum absolute atomic E-state index is 0.157. The zero-order chi connectivity index (χ0) is 22.1. The molecule has 0 aliphatic carbocycles. The van der Waals surface area contributed by atoms with Crippen LogP contribution in [0.2, 0.25) is 0 Å². The molecule has 7 heteroatoms. The molecule has 0 aliphatic heterocycles. The number of carboxylic acid groups (broad SMARTS) is 2. The summed E-state index contributed by atoms with van der Waals surface area (Å²) in [4.78, 5) is 34.5. The average Bonchev–Trinajstić information content (AvgIpc) is 2.73. The van der Waals surface area contributed by atoms with Crippen molar-refractivity contribution in [2.75, 3.05) is 0 Å². The van der Waals surface area contributed by atoms with E-state index in [1.807, 2.05) is 13.8 Å². The van der Waals surface area contributed by atoms with Gasteiger partial charge in [0.05, 0.1) is 11.1 Å². The first kappa shape index (κ1) is 22.9. The standard InChI is InChI=1S/C23H26O7/c1-3-5-19(15-7-11-17(12-8-15)21(24)25)29-23(28)30-20(6-4-2)16-9-13-18(14-10-16)22(26)27/h7-14,19-20H,3-6H2,1-2H3,(H,24,25)(H,26,27). The predicted molar refractivity (Wildman–Crippen MR) is 110 cm³/mol. The SMILES string of the molecule is CCCC(OC(=O)OC(CCC)c1ccc(C(=O)O)cc1)c1ccc(C(=O)O)cc1. The summed E-state index contributed by atoms with van der Waals surface area (Å²) in [7, 11) is 0. The molecule has 0 radical (unpaired) electrons. The van der Waals surface area contributed by atoms with Gasteiger partial charge in [-0.3, -0.25) is 0 Å². The van der Waals surface area contributed by atoms with Crippen LogP contribution in [0.4, 0.5) is 4.79 Å². The minimum atomic E-state index is -1.02. The zero-order valence-electron chi connectivity index (χ0n) is 17.0. The van der Waals surface area contributed by atoms with E-state index >= 15 is 0 Å². The number of hydrogen-bond donors (Lipinski definition) is 2. The molecule has 30 heavy (non-hydrogen) atoms. The molecule has 0 aromatic heterocycles. The number of ether oxygens (including phenoxy) is 2. The van der Waals surface area contributed by atoms with Gasteiger partial charge in [0.15, 0.2) is 0 Å². The molecule has 0 bridgehead atoms. The number of hydrogen-bond acceptors (Lipinski definition) is 5. The van der Waals surface area contributed by atoms with Crippen molar-refractivity contribution in [2.24, 2.45) is 0 Å². The van der Waals surface area contributed by atoms with Crippen molar-refractivity contribution in [3.8, 4) is 0 Å². The van der Waals surface area contributed by atoms with Crippen molar-refractivity contribution in [1.82, 2.24) is 0 Å². The second kappa shape index (κ2) is 11.0. The molecule has 0 amide bonds.